The molecule has 1 atom stereocenters. The number of rotatable bonds is 8. The number of benzene rings is 2. The predicted molar refractivity (Wildman–Crippen MR) is 107 cm³/mol. The van der Waals surface area contributed by atoms with E-state index in [2.05, 4.69) is 0 Å². The van der Waals surface area contributed by atoms with Crippen LogP contribution < -0.4 is 5.69 Å². The molecule has 0 radical (unpaired) electrons. The molecule has 0 saturated carbocycles. The molecule has 1 N–H and O–H groups in total. The summed E-state index contributed by atoms with van der Waals surface area (Å²) < 4.78 is 8.58. The highest BCUT2D eigenvalue weighted by molar-refractivity contribution is 5.94. The molecule has 28 heavy (non-hydrogen) atoms. The molecule has 6 heteroatoms. The Morgan fingerprint density at radius 1 is 1.11 bits per heavy atom. The Morgan fingerprint density at radius 3 is 2.43 bits per heavy atom. The second-order valence-corrected chi connectivity index (χ2v) is 6.80. The number of carbonyl (C=O) groups is 1. The lowest BCUT2D eigenvalue weighted by atomic mass is 10.1. The first kappa shape index (κ1) is 19.8. The zero-order chi connectivity index (χ0) is 20.1. The molecule has 2 aromatic carbocycles. The first-order valence-electron chi connectivity index (χ1n) is 9.15. The standard InChI is InChI=1S/C22H24N2O4/c1-16-12-23(13-21(26)15-28-14-18-6-4-3-5-7-18)22(27)24(16)20-10-8-19(9-11-20)17(2)25/h3-12,21,26H,13-15H2,1-2H3. The predicted octanol–water partition coefficient (Wildman–Crippen LogP) is 2.73. The van der Waals surface area contributed by atoms with Crippen molar-refractivity contribution >= 4 is 5.78 Å². The monoisotopic (exact) mass is 380 g/mol. The molecule has 0 spiro atoms. The largest absolute Gasteiger partial charge is 0.389 e. The molecule has 146 valence electrons. The number of aliphatic hydroxyl groups excluding tert-OH is 1. The summed E-state index contributed by atoms with van der Waals surface area (Å²) in [4.78, 5) is 24.2. The summed E-state index contributed by atoms with van der Waals surface area (Å²) in [5.74, 6) is -0.0215. The second kappa shape index (κ2) is 8.82. The van der Waals surface area contributed by atoms with E-state index in [9.17, 15) is 14.7 Å². The van der Waals surface area contributed by atoms with Gasteiger partial charge in [-0.25, -0.2) is 4.79 Å². The van der Waals surface area contributed by atoms with Gasteiger partial charge in [0.25, 0.3) is 0 Å². The molecule has 0 saturated heterocycles. The Bertz CT molecular complexity index is 988. The number of Topliss-reactive ketones (excluding diaryl/α,β-unsaturated/α-hetero) is 1. The van der Waals surface area contributed by atoms with Crippen LogP contribution in [0.25, 0.3) is 5.69 Å². The third kappa shape index (κ3) is 4.65. The Balaban J connectivity index is 1.66. The average Bonchev–Trinajstić information content (AvgIpc) is 2.96. The highest BCUT2D eigenvalue weighted by atomic mass is 16.5. The molecule has 1 heterocycles. The van der Waals surface area contributed by atoms with Crippen LogP contribution in [0.2, 0.25) is 0 Å². The smallest absolute Gasteiger partial charge is 0.333 e. The van der Waals surface area contributed by atoms with E-state index >= 15 is 0 Å². The summed E-state index contributed by atoms with van der Waals surface area (Å²) in [5, 5.41) is 10.2. The number of ether oxygens (including phenoxy) is 1. The van der Waals surface area contributed by atoms with Crippen molar-refractivity contribution in [2.75, 3.05) is 6.61 Å². The summed E-state index contributed by atoms with van der Waals surface area (Å²) in [5.41, 5.74) is 2.82. The van der Waals surface area contributed by atoms with Gasteiger partial charge in [0.15, 0.2) is 5.78 Å². The van der Waals surface area contributed by atoms with Gasteiger partial charge in [0.2, 0.25) is 0 Å². The minimum absolute atomic E-state index is 0.0215. The van der Waals surface area contributed by atoms with E-state index in [1.807, 2.05) is 37.3 Å². The number of ketones is 1. The van der Waals surface area contributed by atoms with E-state index in [4.69, 9.17) is 4.74 Å². The van der Waals surface area contributed by atoms with Gasteiger partial charge in [0.1, 0.15) is 0 Å². The van der Waals surface area contributed by atoms with E-state index in [-0.39, 0.29) is 24.6 Å². The lowest BCUT2D eigenvalue weighted by molar-refractivity contribution is 0.0199. The molecule has 0 fully saturated rings. The molecule has 1 aromatic heterocycles. The zero-order valence-electron chi connectivity index (χ0n) is 16.0. The van der Waals surface area contributed by atoms with Crippen LogP contribution in [-0.4, -0.2) is 32.7 Å². The number of hydrogen-bond acceptors (Lipinski definition) is 4. The molecular formula is C22H24N2O4. The van der Waals surface area contributed by atoms with Crippen molar-refractivity contribution in [3.8, 4) is 5.69 Å². The first-order chi connectivity index (χ1) is 13.5. The lowest BCUT2D eigenvalue weighted by Gasteiger charge is -2.11. The minimum atomic E-state index is -0.795. The molecule has 6 nitrogen and oxygen atoms in total. The number of carbonyl (C=O) groups excluding carboxylic acids is 1. The fourth-order valence-corrected chi connectivity index (χ4v) is 3.07. The molecule has 3 aromatic rings. The normalized spacial score (nSPS) is 12.1. The Kier molecular flexibility index (Phi) is 6.23. The van der Waals surface area contributed by atoms with Gasteiger partial charge in [0.05, 0.1) is 31.5 Å². The van der Waals surface area contributed by atoms with Crippen LogP contribution in [0.5, 0.6) is 0 Å². The number of aliphatic hydroxyl groups is 1. The van der Waals surface area contributed by atoms with E-state index in [0.717, 1.165) is 11.3 Å². The van der Waals surface area contributed by atoms with Gasteiger partial charge in [-0.2, -0.15) is 0 Å². The van der Waals surface area contributed by atoms with Gasteiger partial charge in [-0.05, 0) is 43.7 Å². The molecule has 0 aliphatic carbocycles. The van der Waals surface area contributed by atoms with Gasteiger partial charge in [-0.3, -0.25) is 13.9 Å². The summed E-state index contributed by atoms with van der Waals surface area (Å²) in [7, 11) is 0. The molecule has 0 bridgehead atoms. The van der Waals surface area contributed by atoms with Crippen molar-refractivity contribution < 1.29 is 14.6 Å². The van der Waals surface area contributed by atoms with Gasteiger partial charge in [-0.1, -0.05) is 30.3 Å². The van der Waals surface area contributed by atoms with Crippen LogP contribution in [0.15, 0.2) is 65.6 Å². The van der Waals surface area contributed by atoms with Crippen molar-refractivity contribution in [3.63, 3.8) is 0 Å². The van der Waals surface area contributed by atoms with E-state index in [0.29, 0.717) is 17.9 Å². The molecule has 0 amide bonds. The highest BCUT2D eigenvalue weighted by Crippen LogP contribution is 2.11. The fourth-order valence-electron chi connectivity index (χ4n) is 3.07. The van der Waals surface area contributed by atoms with Crippen LogP contribution in [0.1, 0.15) is 28.5 Å². The van der Waals surface area contributed by atoms with Crippen LogP contribution in [0.3, 0.4) is 0 Å². The van der Waals surface area contributed by atoms with E-state index in [1.54, 1.807) is 35.0 Å². The van der Waals surface area contributed by atoms with Crippen molar-refractivity contribution in [1.29, 1.82) is 0 Å². The van der Waals surface area contributed by atoms with Crippen molar-refractivity contribution in [1.82, 2.24) is 9.13 Å². The SMILES string of the molecule is CC(=O)c1ccc(-n2c(C)cn(CC(O)COCc3ccccc3)c2=O)cc1. The summed E-state index contributed by atoms with van der Waals surface area (Å²) in [6.07, 6.45) is 0.915. The van der Waals surface area contributed by atoms with Crippen LogP contribution in [-0.2, 0) is 17.9 Å². The Morgan fingerprint density at radius 2 is 1.79 bits per heavy atom. The maximum absolute atomic E-state index is 12.7. The minimum Gasteiger partial charge on any atom is -0.389 e. The van der Waals surface area contributed by atoms with Crippen LogP contribution in [0, 0.1) is 6.92 Å². The van der Waals surface area contributed by atoms with Crippen LogP contribution in [0.4, 0.5) is 0 Å². The lowest BCUT2D eigenvalue weighted by Crippen LogP contribution is -2.30. The third-order valence-corrected chi connectivity index (χ3v) is 4.49. The number of nitrogens with zero attached hydrogens (tertiary/aromatic N) is 2. The number of imidazole rings is 1. The number of aryl methyl sites for hydroxylation is 1. The molecule has 3 rings (SSSR count). The van der Waals surface area contributed by atoms with Gasteiger partial charge in [0, 0.05) is 17.5 Å². The number of aromatic nitrogens is 2. The van der Waals surface area contributed by atoms with Crippen molar-refractivity contribution in [3.05, 3.63) is 88.1 Å². The van der Waals surface area contributed by atoms with Crippen molar-refractivity contribution in [2.45, 2.75) is 33.1 Å². The molecule has 0 aliphatic heterocycles. The summed E-state index contributed by atoms with van der Waals surface area (Å²) >= 11 is 0. The molecular weight excluding hydrogens is 356 g/mol. The van der Waals surface area contributed by atoms with E-state index < -0.39 is 6.10 Å². The second-order valence-electron chi connectivity index (χ2n) is 6.80. The number of hydrogen-bond donors (Lipinski definition) is 1. The average molecular weight is 380 g/mol. The van der Waals surface area contributed by atoms with E-state index in [1.165, 1.54) is 11.5 Å². The Labute approximate surface area is 163 Å². The van der Waals surface area contributed by atoms with Crippen LogP contribution >= 0.6 is 0 Å². The first-order valence-corrected chi connectivity index (χ1v) is 9.15. The molecule has 1 unspecified atom stereocenters. The summed E-state index contributed by atoms with van der Waals surface area (Å²) in [6.45, 7) is 4.03. The zero-order valence-corrected chi connectivity index (χ0v) is 16.0. The topological polar surface area (TPSA) is 73.5 Å². The summed E-state index contributed by atoms with van der Waals surface area (Å²) in [6, 6.07) is 16.6. The fraction of sp³-hybridized carbons (Fsp3) is 0.273. The van der Waals surface area contributed by atoms with Gasteiger partial charge >= 0.3 is 5.69 Å². The maximum Gasteiger partial charge on any atom is 0.333 e. The van der Waals surface area contributed by atoms with Gasteiger partial charge < -0.3 is 9.84 Å². The molecule has 0 aliphatic rings. The quantitative estimate of drug-likeness (QED) is 0.610. The maximum atomic E-state index is 12.7. The van der Waals surface area contributed by atoms with Crippen molar-refractivity contribution in [2.24, 2.45) is 0 Å². The Hall–Kier alpha value is -2.96. The van der Waals surface area contributed by atoms with Gasteiger partial charge in [-0.15, -0.1) is 0 Å². The third-order valence-electron chi connectivity index (χ3n) is 4.49. The highest BCUT2D eigenvalue weighted by Gasteiger charge is 2.14.